The quantitative estimate of drug-likeness (QED) is 0.783. The summed E-state index contributed by atoms with van der Waals surface area (Å²) in [6.45, 7) is 1.74. The van der Waals surface area contributed by atoms with E-state index in [1.165, 1.54) is 11.3 Å². The first-order valence-corrected chi connectivity index (χ1v) is 8.54. The molecule has 1 unspecified atom stereocenters. The molecule has 8 heteroatoms. The molecule has 18 heavy (non-hydrogen) atoms. The number of hydrogen-bond acceptors (Lipinski definition) is 5. The van der Waals surface area contributed by atoms with Gasteiger partial charge in [-0.3, -0.25) is 4.72 Å². The Balaban J connectivity index is 2.12. The first-order chi connectivity index (χ1) is 8.44. The van der Waals surface area contributed by atoms with E-state index in [9.17, 15) is 8.42 Å². The molecule has 0 spiro atoms. The SMILES string of the molecule is CCC(C(N)=S)S(=O)(=O)Nc1nc(C2CC2)cs1. The zero-order valence-corrected chi connectivity index (χ0v) is 12.4. The van der Waals surface area contributed by atoms with Gasteiger partial charge < -0.3 is 5.73 Å². The molecule has 0 saturated heterocycles. The van der Waals surface area contributed by atoms with Crippen LogP contribution in [0.1, 0.15) is 37.8 Å². The van der Waals surface area contributed by atoms with Gasteiger partial charge in [0.05, 0.1) is 10.7 Å². The van der Waals surface area contributed by atoms with Crippen LogP contribution in [0.2, 0.25) is 0 Å². The van der Waals surface area contributed by atoms with Gasteiger partial charge in [0.25, 0.3) is 0 Å². The Kier molecular flexibility index (Phi) is 3.88. The van der Waals surface area contributed by atoms with Gasteiger partial charge >= 0.3 is 0 Å². The van der Waals surface area contributed by atoms with Crippen LogP contribution in [0.4, 0.5) is 5.13 Å². The average molecular weight is 305 g/mol. The number of thiocarbonyl (C=S) groups is 1. The van der Waals surface area contributed by atoms with E-state index in [-0.39, 0.29) is 4.99 Å². The molecule has 2 rings (SSSR count). The molecular weight excluding hydrogens is 290 g/mol. The highest BCUT2D eigenvalue weighted by molar-refractivity contribution is 7.95. The van der Waals surface area contributed by atoms with Crippen molar-refractivity contribution in [3.8, 4) is 0 Å². The lowest BCUT2D eigenvalue weighted by molar-refractivity contribution is 0.594. The number of hydrogen-bond donors (Lipinski definition) is 2. The summed E-state index contributed by atoms with van der Waals surface area (Å²) in [6, 6.07) is 0. The lowest BCUT2D eigenvalue weighted by Gasteiger charge is -2.14. The van der Waals surface area contributed by atoms with Crippen LogP contribution < -0.4 is 10.5 Å². The lowest BCUT2D eigenvalue weighted by Crippen LogP contribution is -2.37. The third kappa shape index (κ3) is 2.99. The summed E-state index contributed by atoms with van der Waals surface area (Å²) >= 11 is 6.08. The highest BCUT2D eigenvalue weighted by Crippen LogP contribution is 2.41. The van der Waals surface area contributed by atoms with Crippen molar-refractivity contribution < 1.29 is 8.42 Å². The molecular formula is C10H15N3O2S3. The topological polar surface area (TPSA) is 85.1 Å². The van der Waals surface area contributed by atoms with Crippen molar-refractivity contribution in [2.45, 2.75) is 37.4 Å². The maximum absolute atomic E-state index is 12.1. The van der Waals surface area contributed by atoms with Gasteiger partial charge in [0, 0.05) is 11.3 Å². The molecule has 5 nitrogen and oxygen atoms in total. The first kappa shape index (κ1) is 13.7. The maximum Gasteiger partial charge on any atom is 0.243 e. The van der Waals surface area contributed by atoms with Crippen LogP contribution in [0, 0.1) is 0 Å². The van der Waals surface area contributed by atoms with Crippen molar-refractivity contribution in [1.29, 1.82) is 0 Å². The summed E-state index contributed by atoms with van der Waals surface area (Å²) in [6.07, 6.45) is 2.63. The summed E-state index contributed by atoms with van der Waals surface area (Å²) in [4.78, 5) is 4.27. The smallest absolute Gasteiger partial charge is 0.243 e. The molecule has 1 fully saturated rings. The molecule has 1 saturated carbocycles. The summed E-state index contributed by atoms with van der Waals surface area (Å²) in [7, 11) is -3.58. The van der Waals surface area contributed by atoms with Crippen molar-refractivity contribution in [2.24, 2.45) is 5.73 Å². The minimum Gasteiger partial charge on any atom is -0.392 e. The molecule has 3 N–H and O–H groups in total. The Labute approximate surface area is 116 Å². The highest BCUT2D eigenvalue weighted by Gasteiger charge is 2.29. The van der Waals surface area contributed by atoms with E-state index in [1.54, 1.807) is 6.92 Å². The fourth-order valence-corrected chi connectivity index (χ4v) is 4.57. The third-order valence-electron chi connectivity index (χ3n) is 2.81. The van der Waals surface area contributed by atoms with Crippen LogP contribution in [0.15, 0.2) is 5.38 Å². The molecule has 0 amide bonds. The molecule has 0 bridgehead atoms. The van der Waals surface area contributed by atoms with Gasteiger partial charge in [-0.2, -0.15) is 0 Å². The van der Waals surface area contributed by atoms with Gasteiger partial charge in [-0.05, 0) is 19.3 Å². The van der Waals surface area contributed by atoms with Crippen molar-refractivity contribution in [3.05, 3.63) is 11.1 Å². The van der Waals surface area contributed by atoms with E-state index in [1.807, 2.05) is 5.38 Å². The Bertz CT molecular complexity index is 548. The van der Waals surface area contributed by atoms with E-state index < -0.39 is 15.3 Å². The van der Waals surface area contributed by atoms with Crippen LogP contribution in [0.3, 0.4) is 0 Å². The fourth-order valence-electron chi connectivity index (χ4n) is 1.67. The summed E-state index contributed by atoms with van der Waals surface area (Å²) in [5.74, 6) is 0.511. The Hall–Kier alpha value is -0.730. The van der Waals surface area contributed by atoms with Crippen LogP contribution in [-0.2, 0) is 10.0 Å². The second-order valence-electron chi connectivity index (χ2n) is 4.30. The van der Waals surface area contributed by atoms with E-state index >= 15 is 0 Å². The second kappa shape index (κ2) is 5.10. The molecule has 0 aromatic carbocycles. The van der Waals surface area contributed by atoms with E-state index in [0.717, 1.165) is 18.5 Å². The van der Waals surface area contributed by atoms with Crippen LogP contribution >= 0.6 is 23.6 Å². The average Bonchev–Trinajstić information content (AvgIpc) is 3.00. The van der Waals surface area contributed by atoms with E-state index in [0.29, 0.717) is 17.5 Å². The van der Waals surface area contributed by atoms with Crippen molar-refractivity contribution in [1.82, 2.24) is 4.98 Å². The lowest BCUT2D eigenvalue weighted by atomic mass is 10.3. The third-order valence-corrected chi connectivity index (χ3v) is 5.96. The number of anilines is 1. The molecule has 0 radical (unpaired) electrons. The van der Waals surface area contributed by atoms with Crippen LogP contribution in [-0.4, -0.2) is 23.6 Å². The predicted octanol–water partition coefficient (Wildman–Crippen LogP) is 1.83. The maximum atomic E-state index is 12.1. The van der Waals surface area contributed by atoms with Crippen LogP contribution in [0.5, 0.6) is 0 Å². The molecule has 0 aliphatic heterocycles. The van der Waals surface area contributed by atoms with E-state index in [2.05, 4.69) is 9.71 Å². The Morgan fingerprint density at radius 3 is 2.89 bits per heavy atom. The minimum absolute atomic E-state index is 0.0102. The van der Waals surface area contributed by atoms with Gasteiger partial charge in [0.2, 0.25) is 10.0 Å². The predicted molar refractivity (Wildman–Crippen MR) is 77.5 cm³/mol. The van der Waals surface area contributed by atoms with E-state index in [4.69, 9.17) is 18.0 Å². The van der Waals surface area contributed by atoms with Gasteiger partial charge in [0.15, 0.2) is 5.13 Å². The number of nitrogens with one attached hydrogen (secondary N) is 1. The standard InChI is InChI=1S/C10H15N3O2S3/c1-2-8(9(11)16)18(14,15)13-10-12-7(5-17-10)6-3-4-6/h5-6,8H,2-4H2,1H3,(H2,11,16)(H,12,13). The zero-order valence-electron chi connectivity index (χ0n) is 9.92. The number of sulfonamides is 1. The normalized spacial score (nSPS) is 17.4. The Morgan fingerprint density at radius 1 is 1.72 bits per heavy atom. The molecule has 1 atom stereocenters. The minimum atomic E-state index is -3.58. The van der Waals surface area contributed by atoms with Gasteiger partial charge in [-0.15, -0.1) is 11.3 Å². The zero-order chi connectivity index (χ0) is 13.3. The number of nitrogens with zero attached hydrogens (tertiary/aromatic N) is 1. The molecule has 1 aliphatic carbocycles. The Morgan fingerprint density at radius 2 is 2.39 bits per heavy atom. The largest absolute Gasteiger partial charge is 0.392 e. The number of thiazole rings is 1. The monoisotopic (exact) mass is 305 g/mol. The summed E-state index contributed by atoms with van der Waals surface area (Å²) in [5, 5.41) is 1.45. The highest BCUT2D eigenvalue weighted by atomic mass is 32.2. The van der Waals surface area contributed by atoms with Crippen molar-refractivity contribution in [2.75, 3.05) is 4.72 Å². The summed E-state index contributed by atoms with van der Waals surface area (Å²) in [5.41, 5.74) is 6.42. The number of rotatable bonds is 6. The van der Waals surface area contributed by atoms with Gasteiger partial charge in [0.1, 0.15) is 5.25 Å². The second-order valence-corrected chi connectivity index (χ2v) is 7.49. The van der Waals surface area contributed by atoms with Gasteiger partial charge in [-0.1, -0.05) is 19.1 Å². The van der Waals surface area contributed by atoms with Crippen LogP contribution in [0.25, 0.3) is 0 Å². The first-order valence-electron chi connectivity index (χ1n) is 5.70. The van der Waals surface area contributed by atoms with Crippen molar-refractivity contribution in [3.63, 3.8) is 0 Å². The summed E-state index contributed by atoms with van der Waals surface area (Å²) < 4.78 is 26.6. The molecule has 1 aliphatic rings. The molecule has 1 heterocycles. The fraction of sp³-hybridized carbons (Fsp3) is 0.600. The van der Waals surface area contributed by atoms with Crippen molar-refractivity contribution >= 4 is 43.7 Å². The van der Waals surface area contributed by atoms with Gasteiger partial charge in [-0.25, -0.2) is 13.4 Å². The molecule has 1 aromatic heterocycles. The number of nitrogens with two attached hydrogens (primary N) is 1. The number of aromatic nitrogens is 1. The molecule has 100 valence electrons. The molecule has 1 aromatic rings.